The average molecular weight is 456 g/mol. The lowest BCUT2D eigenvalue weighted by Crippen LogP contribution is -2.59. The van der Waals surface area contributed by atoms with Crippen LogP contribution in [0.5, 0.6) is 0 Å². The Morgan fingerprint density at radius 1 is 1.12 bits per heavy atom. The molecule has 1 aliphatic rings. The van der Waals surface area contributed by atoms with Gasteiger partial charge >= 0.3 is 0 Å². The van der Waals surface area contributed by atoms with Crippen LogP contribution >= 0.6 is 0 Å². The highest BCUT2D eigenvalue weighted by atomic mass is 16.1. The summed E-state index contributed by atoms with van der Waals surface area (Å²) in [6.45, 7) is 12.4. The van der Waals surface area contributed by atoms with Gasteiger partial charge in [-0.3, -0.25) is 14.6 Å². The van der Waals surface area contributed by atoms with E-state index in [0.717, 1.165) is 53.9 Å². The summed E-state index contributed by atoms with van der Waals surface area (Å²) in [5.74, 6) is 3.57. The molecule has 2 heterocycles. The van der Waals surface area contributed by atoms with Crippen LogP contribution < -0.4 is 5.32 Å². The fourth-order valence-electron chi connectivity index (χ4n) is 4.51. The Balaban J connectivity index is 1.52. The normalized spacial score (nSPS) is 15.4. The minimum atomic E-state index is -0.512. The second kappa shape index (κ2) is 9.92. The number of hydrogen-bond donors (Lipinski definition) is 1. The van der Waals surface area contributed by atoms with Gasteiger partial charge in [0.2, 0.25) is 0 Å². The van der Waals surface area contributed by atoms with Crippen molar-refractivity contribution >= 4 is 28.2 Å². The number of anilines is 2. The van der Waals surface area contributed by atoms with Crippen LogP contribution in [0.2, 0.25) is 0 Å². The second-order valence-electron chi connectivity index (χ2n) is 9.70. The third-order valence-electron chi connectivity index (χ3n) is 6.87. The fourth-order valence-corrected chi connectivity index (χ4v) is 4.51. The number of nitrogens with one attached hydrogen (secondary N) is 1. The number of ketones is 1. The minimum Gasteiger partial charge on any atom is -0.340 e. The molecule has 1 fully saturated rings. The number of benzene rings is 2. The van der Waals surface area contributed by atoms with Crippen molar-refractivity contribution in [3.63, 3.8) is 0 Å². The zero-order chi connectivity index (χ0) is 24.3. The van der Waals surface area contributed by atoms with Gasteiger partial charge < -0.3 is 5.32 Å². The summed E-state index contributed by atoms with van der Waals surface area (Å²) < 4.78 is 0. The van der Waals surface area contributed by atoms with Crippen molar-refractivity contribution in [1.82, 2.24) is 19.8 Å². The van der Waals surface area contributed by atoms with Gasteiger partial charge in [-0.25, -0.2) is 9.97 Å². The lowest BCUT2D eigenvalue weighted by Gasteiger charge is -2.44. The first kappa shape index (κ1) is 23.9. The van der Waals surface area contributed by atoms with E-state index in [9.17, 15) is 4.79 Å². The molecule has 2 aromatic carbocycles. The van der Waals surface area contributed by atoms with E-state index in [1.54, 1.807) is 6.33 Å². The Labute approximate surface area is 202 Å². The summed E-state index contributed by atoms with van der Waals surface area (Å²) in [6, 6.07) is 14.2. The standard InChI is InChI=1S/C28H33N5O/c1-6-21-8-7-9-23(16-21)31-27-24-17-22(10-11-25(24)29-19-30-27)18-26(34)28(4,5)33-14-12-32(13-15-33)20(2)3/h1,7-11,16-17,19-20H,12-15,18H2,2-5H3,(H,29,30,31). The van der Waals surface area contributed by atoms with Crippen molar-refractivity contribution in [2.24, 2.45) is 0 Å². The third-order valence-corrected chi connectivity index (χ3v) is 6.87. The molecule has 0 bridgehead atoms. The number of fused-ring (bicyclic) bond motifs is 1. The molecule has 6 heteroatoms. The van der Waals surface area contributed by atoms with Crippen LogP contribution in [0.15, 0.2) is 48.8 Å². The first-order valence-electron chi connectivity index (χ1n) is 11.9. The van der Waals surface area contributed by atoms with E-state index in [1.807, 2.05) is 42.5 Å². The first-order valence-corrected chi connectivity index (χ1v) is 11.9. The molecule has 0 spiro atoms. The Hall–Kier alpha value is -3.27. The van der Waals surface area contributed by atoms with Crippen molar-refractivity contribution < 1.29 is 4.79 Å². The highest BCUT2D eigenvalue weighted by Crippen LogP contribution is 2.26. The van der Waals surface area contributed by atoms with Gasteiger partial charge in [-0.15, -0.1) is 6.42 Å². The molecule has 176 valence electrons. The molecular weight excluding hydrogens is 422 g/mol. The molecule has 4 rings (SSSR count). The number of Topliss-reactive ketones (excluding diaryl/α,β-unsaturated/α-hetero) is 1. The van der Waals surface area contributed by atoms with Gasteiger partial charge in [-0.2, -0.15) is 0 Å². The van der Waals surface area contributed by atoms with Crippen LogP contribution in [0.3, 0.4) is 0 Å². The minimum absolute atomic E-state index is 0.220. The molecule has 1 N–H and O–H groups in total. The zero-order valence-corrected chi connectivity index (χ0v) is 20.5. The highest BCUT2D eigenvalue weighted by Gasteiger charge is 2.36. The van der Waals surface area contributed by atoms with Gasteiger partial charge in [0.15, 0.2) is 5.78 Å². The Morgan fingerprint density at radius 2 is 1.88 bits per heavy atom. The number of piperazine rings is 1. The van der Waals surface area contributed by atoms with E-state index in [0.29, 0.717) is 18.3 Å². The molecule has 0 unspecified atom stereocenters. The van der Waals surface area contributed by atoms with Gasteiger partial charge in [0.25, 0.3) is 0 Å². The predicted octanol–water partition coefficient (Wildman–Crippen LogP) is 4.27. The zero-order valence-electron chi connectivity index (χ0n) is 20.5. The summed E-state index contributed by atoms with van der Waals surface area (Å²) in [5, 5.41) is 4.23. The molecule has 3 aromatic rings. The van der Waals surface area contributed by atoms with Gasteiger partial charge in [0, 0.05) is 55.3 Å². The van der Waals surface area contributed by atoms with E-state index in [1.165, 1.54) is 0 Å². The van der Waals surface area contributed by atoms with Crippen LogP contribution in [0.1, 0.15) is 38.8 Å². The van der Waals surface area contributed by atoms with Crippen molar-refractivity contribution in [3.05, 3.63) is 59.9 Å². The smallest absolute Gasteiger partial charge is 0.156 e. The first-order chi connectivity index (χ1) is 16.3. The van der Waals surface area contributed by atoms with E-state index in [-0.39, 0.29) is 5.78 Å². The molecule has 0 aliphatic carbocycles. The van der Waals surface area contributed by atoms with Crippen LogP contribution in [-0.2, 0) is 11.2 Å². The van der Waals surface area contributed by atoms with Gasteiger partial charge in [-0.05, 0) is 63.6 Å². The molecule has 1 saturated heterocycles. The largest absolute Gasteiger partial charge is 0.340 e. The predicted molar refractivity (Wildman–Crippen MR) is 138 cm³/mol. The van der Waals surface area contributed by atoms with Crippen molar-refractivity contribution in [3.8, 4) is 12.3 Å². The third kappa shape index (κ3) is 5.11. The fraction of sp³-hybridized carbons (Fsp3) is 0.393. The Kier molecular flexibility index (Phi) is 6.97. The Morgan fingerprint density at radius 3 is 2.59 bits per heavy atom. The molecule has 34 heavy (non-hydrogen) atoms. The monoisotopic (exact) mass is 455 g/mol. The Bertz CT molecular complexity index is 1220. The number of rotatable bonds is 7. The van der Waals surface area contributed by atoms with Gasteiger partial charge in [-0.1, -0.05) is 18.1 Å². The lowest BCUT2D eigenvalue weighted by molar-refractivity contribution is -0.130. The molecule has 0 radical (unpaired) electrons. The number of aromatic nitrogens is 2. The van der Waals surface area contributed by atoms with Crippen LogP contribution in [0.25, 0.3) is 10.9 Å². The maximum absolute atomic E-state index is 13.4. The van der Waals surface area contributed by atoms with E-state index >= 15 is 0 Å². The molecule has 0 amide bonds. The number of carbonyl (C=O) groups excluding carboxylic acids is 1. The topological polar surface area (TPSA) is 61.4 Å². The maximum atomic E-state index is 13.4. The molecule has 0 saturated carbocycles. The summed E-state index contributed by atoms with van der Waals surface area (Å²) >= 11 is 0. The average Bonchev–Trinajstić information content (AvgIpc) is 2.84. The quantitative estimate of drug-likeness (QED) is 0.537. The van der Waals surface area contributed by atoms with Crippen molar-refractivity contribution in [2.75, 3.05) is 31.5 Å². The summed E-state index contributed by atoms with van der Waals surface area (Å²) in [6.07, 6.45) is 7.45. The number of terminal acetylenes is 1. The van der Waals surface area contributed by atoms with E-state index < -0.39 is 5.54 Å². The number of carbonyl (C=O) groups is 1. The van der Waals surface area contributed by atoms with Gasteiger partial charge in [0.05, 0.1) is 11.1 Å². The van der Waals surface area contributed by atoms with E-state index in [4.69, 9.17) is 6.42 Å². The summed E-state index contributed by atoms with van der Waals surface area (Å²) in [5.41, 5.74) is 2.93. The van der Waals surface area contributed by atoms with Crippen LogP contribution in [0, 0.1) is 12.3 Å². The van der Waals surface area contributed by atoms with E-state index in [2.05, 4.69) is 58.7 Å². The maximum Gasteiger partial charge on any atom is 0.156 e. The lowest BCUT2D eigenvalue weighted by atomic mass is 9.90. The summed E-state index contributed by atoms with van der Waals surface area (Å²) in [4.78, 5) is 27.0. The molecule has 1 aliphatic heterocycles. The molecule has 0 atom stereocenters. The summed E-state index contributed by atoms with van der Waals surface area (Å²) in [7, 11) is 0. The number of nitrogens with zero attached hydrogens (tertiary/aromatic N) is 4. The second-order valence-corrected chi connectivity index (χ2v) is 9.70. The SMILES string of the molecule is C#Cc1cccc(Nc2ncnc3ccc(CC(=O)C(C)(C)N4CCN(C(C)C)CC4)cc23)c1. The van der Waals surface area contributed by atoms with Gasteiger partial charge in [0.1, 0.15) is 12.1 Å². The molecular formula is C28H33N5O. The number of hydrogen-bond acceptors (Lipinski definition) is 6. The van der Waals surface area contributed by atoms with Crippen LogP contribution in [-0.4, -0.2) is 63.3 Å². The van der Waals surface area contributed by atoms with Crippen LogP contribution in [0.4, 0.5) is 11.5 Å². The molecule has 1 aromatic heterocycles. The van der Waals surface area contributed by atoms with Crippen molar-refractivity contribution in [1.29, 1.82) is 0 Å². The molecule has 6 nitrogen and oxygen atoms in total. The van der Waals surface area contributed by atoms with Crippen molar-refractivity contribution in [2.45, 2.75) is 45.7 Å². The highest BCUT2D eigenvalue weighted by molar-refractivity contribution is 5.94.